The van der Waals surface area contributed by atoms with Crippen molar-refractivity contribution in [2.24, 2.45) is 0 Å². The van der Waals surface area contributed by atoms with E-state index in [1.807, 2.05) is 6.92 Å². The van der Waals surface area contributed by atoms with Gasteiger partial charge in [0.1, 0.15) is 17.4 Å². The number of unbranched alkanes of at least 4 members (excludes halogenated alkanes) is 1. The number of carbonyl (C=O) groups excluding carboxylic acids is 1. The average Bonchev–Trinajstić information content (AvgIpc) is 2.56. The van der Waals surface area contributed by atoms with E-state index in [0.29, 0.717) is 6.42 Å². The van der Waals surface area contributed by atoms with Crippen LogP contribution in [-0.2, 0) is 19.6 Å². The average molecular weight is 359 g/mol. The molecule has 0 spiro atoms. The molecule has 1 aromatic carbocycles. The first kappa shape index (κ1) is 19.9. The van der Waals surface area contributed by atoms with Gasteiger partial charge in [-0.15, -0.1) is 0 Å². The summed E-state index contributed by atoms with van der Waals surface area (Å²) in [5.41, 5.74) is -0.0664. The molecule has 2 N–H and O–H groups in total. The first-order valence-electron chi connectivity index (χ1n) is 7.28. The maximum absolute atomic E-state index is 12.4. The van der Waals surface area contributed by atoms with Gasteiger partial charge in [0, 0.05) is 0 Å². The van der Waals surface area contributed by atoms with E-state index in [9.17, 15) is 18.0 Å². The Kier molecular flexibility index (Phi) is 7.18. The molecule has 0 aliphatic carbocycles. The van der Waals surface area contributed by atoms with Gasteiger partial charge in [-0.1, -0.05) is 19.8 Å². The standard InChI is InChI=1S/C15H21NO7S/c1-4-5-6-12(14(17)18)16-24(20,21)10-7-8-13(22-2)11(9-10)15(19)23-3/h7-9,12,16H,4-6H2,1-3H3,(H,17,18)/t12-/m0/s1. The molecule has 0 aliphatic rings. The number of aliphatic carboxylic acids is 1. The van der Waals surface area contributed by atoms with Crippen LogP contribution >= 0.6 is 0 Å². The second kappa shape index (κ2) is 8.65. The molecule has 0 fully saturated rings. The fourth-order valence-corrected chi connectivity index (χ4v) is 3.27. The molecule has 134 valence electrons. The minimum absolute atomic E-state index is 0.0664. The Morgan fingerprint density at radius 3 is 2.46 bits per heavy atom. The van der Waals surface area contributed by atoms with Crippen LogP contribution in [-0.4, -0.2) is 45.7 Å². The zero-order valence-corrected chi connectivity index (χ0v) is 14.6. The van der Waals surface area contributed by atoms with E-state index >= 15 is 0 Å². The maximum atomic E-state index is 12.4. The fraction of sp³-hybridized carbons (Fsp3) is 0.467. The van der Waals surface area contributed by atoms with Crippen LogP contribution in [0.25, 0.3) is 0 Å². The van der Waals surface area contributed by atoms with Gasteiger partial charge in [0.25, 0.3) is 0 Å². The highest BCUT2D eigenvalue weighted by Gasteiger charge is 2.26. The highest BCUT2D eigenvalue weighted by molar-refractivity contribution is 7.89. The topological polar surface area (TPSA) is 119 Å². The molecule has 8 nitrogen and oxygen atoms in total. The number of sulfonamides is 1. The molecule has 0 amide bonds. The monoisotopic (exact) mass is 359 g/mol. The second-order valence-corrected chi connectivity index (χ2v) is 6.72. The Labute approximate surface area is 140 Å². The van der Waals surface area contributed by atoms with Crippen LogP contribution in [0.5, 0.6) is 5.75 Å². The number of esters is 1. The third kappa shape index (κ3) is 4.93. The van der Waals surface area contributed by atoms with E-state index < -0.39 is 28.0 Å². The predicted octanol–water partition coefficient (Wildman–Crippen LogP) is 1.40. The Balaban J connectivity index is 3.18. The van der Waals surface area contributed by atoms with Crippen molar-refractivity contribution in [3.63, 3.8) is 0 Å². The molecule has 1 rings (SSSR count). The number of methoxy groups -OCH3 is 2. The van der Waals surface area contributed by atoms with Crippen LogP contribution in [0.1, 0.15) is 36.5 Å². The number of carboxylic acids is 1. The molecular formula is C15H21NO7S. The van der Waals surface area contributed by atoms with Crippen molar-refractivity contribution in [2.75, 3.05) is 14.2 Å². The van der Waals surface area contributed by atoms with E-state index in [1.54, 1.807) is 0 Å². The van der Waals surface area contributed by atoms with Crippen molar-refractivity contribution in [1.29, 1.82) is 0 Å². The lowest BCUT2D eigenvalue weighted by Gasteiger charge is -2.15. The lowest BCUT2D eigenvalue weighted by Crippen LogP contribution is -2.40. The Bertz CT molecular complexity index is 700. The summed E-state index contributed by atoms with van der Waals surface area (Å²) >= 11 is 0. The first-order valence-corrected chi connectivity index (χ1v) is 8.76. The summed E-state index contributed by atoms with van der Waals surface area (Å²) < 4.78 is 36.5. The largest absolute Gasteiger partial charge is 0.496 e. The Hall–Kier alpha value is -2.13. The second-order valence-electron chi connectivity index (χ2n) is 5.01. The summed E-state index contributed by atoms with van der Waals surface area (Å²) in [7, 11) is -1.63. The number of rotatable bonds is 9. The normalized spacial score (nSPS) is 12.5. The minimum Gasteiger partial charge on any atom is -0.496 e. The third-order valence-corrected chi connectivity index (χ3v) is 4.80. The van der Waals surface area contributed by atoms with Gasteiger partial charge in [-0.05, 0) is 24.6 Å². The maximum Gasteiger partial charge on any atom is 0.341 e. The Morgan fingerprint density at radius 2 is 1.96 bits per heavy atom. The molecule has 0 heterocycles. The Morgan fingerprint density at radius 1 is 1.29 bits per heavy atom. The fourth-order valence-electron chi connectivity index (χ4n) is 2.02. The van der Waals surface area contributed by atoms with Crippen LogP contribution in [0.4, 0.5) is 0 Å². The molecule has 1 aromatic rings. The quantitative estimate of drug-likeness (QED) is 0.640. The van der Waals surface area contributed by atoms with Crippen molar-refractivity contribution in [3.05, 3.63) is 23.8 Å². The molecule has 0 aliphatic heterocycles. The number of hydrogen-bond donors (Lipinski definition) is 2. The number of hydrogen-bond acceptors (Lipinski definition) is 6. The van der Waals surface area contributed by atoms with Crippen LogP contribution < -0.4 is 9.46 Å². The highest BCUT2D eigenvalue weighted by atomic mass is 32.2. The van der Waals surface area contributed by atoms with Gasteiger partial charge in [0.15, 0.2) is 0 Å². The lowest BCUT2D eigenvalue weighted by molar-refractivity contribution is -0.139. The molecule has 0 saturated heterocycles. The molecule has 1 atom stereocenters. The van der Waals surface area contributed by atoms with Gasteiger partial charge in [-0.25, -0.2) is 13.2 Å². The number of nitrogens with one attached hydrogen (secondary N) is 1. The summed E-state index contributed by atoms with van der Waals surface area (Å²) in [5, 5.41) is 9.15. The van der Waals surface area contributed by atoms with E-state index in [-0.39, 0.29) is 22.6 Å². The number of benzene rings is 1. The van der Waals surface area contributed by atoms with Gasteiger partial charge in [0.05, 0.1) is 19.1 Å². The van der Waals surface area contributed by atoms with Crippen molar-refractivity contribution in [2.45, 2.75) is 37.1 Å². The highest BCUT2D eigenvalue weighted by Crippen LogP contribution is 2.23. The summed E-state index contributed by atoms with van der Waals surface area (Å²) in [6.45, 7) is 1.87. The van der Waals surface area contributed by atoms with E-state index in [1.165, 1.54) is 19.2 Å². The summed E-state index contributed by atoms with van der Waals surface area (Å²) in [6.07, 6.45) is 1.47. The number of ether oxygens (including phenoxy) is 2. The smallest absolute Gasteiger partial charge is 0.341 e. The lowest BCUT2D eigenvalue weighted by atomic mass is 10.1. The van der Waals surface area contributed by atoms with Crippen LogP contribution in [0.15, 0.2) is 23.1 Å². The predicted molar refractivity (Wildman–Crippen MR) is 85.6 cm³/mol. The van der Waals surface area contributed by atoms with Gasteiger partial charge in [0.2, 0.25) is 10.0 Å². The van der Waals surface area contributed by atoms with Crippen molar-refractivity contribution >= 4 is 22.0 Å². The van der Waals surface area contributed by atoms with Gasteiger partial charge in [-0.3, -0.25) is 4.79 Å². The molecule has 24 heavy (non-hydrogen) atoms. The van der Waals surface area contributed by atoms with E-state index in [0.717, 1.165) is 19.6 Å². The summed E-state index contributed by atoms with van der Waals surface area (Å²) in [4.78, 5) is 22.7. The minimum atomic E-state index is -4.12. The summed E-state index contributed by atoms with van der Waals surface area (Å²) in [6, 6.07) is 2.39. The molecular weight excluding hydrogens is 338 g/mol. The van der Waals surface area contributed by atoms with Crippen molar-refractivity contribution in [1.82, 2.24) is 4.72 Å². The van der Waals surface area contributed by atoms with Gasteiger partial charge < -0.3 is 14.6 Å². The van der Waals surface area contributed by atoms with Crippen molar-refractivity contribution in [3.8, 4) is 5.75 Å². The molecule has 0 radical (unpaired) electrons. The van der Waals surface area contributed by atoms with Gasteiger partial charge in [-0.2, -0.15) is 4.72 Å². The first-order chi connectivity index (χ1) is 11.3. The summed E-state index contributed by atoms with van der Waals surface area (Å²) in [5.74, 6) is -1.86. The van der Waals surface area contributed by atoms with Crippen LogP contribution in [0.3, 0.4) is 0 Å². The molecule has 9 heteroatoms. The zero-order chi connectivity index (χ0) is 18.3. The number of carbonyl (C=O) groups is 2. The number of carboxylic acid groups (broad SMARTS) is 1. The molecule has 0 saturated carbocycles. The molecule has 0 bridgehead atoms. The molecule has 0 aromatic heterocycles. The molecule has 0 unspecified atom stereocenters. The van der Waals surface area contributed by atoms with Gasteiger partial charge >= 0.3 is 11.9 Å². The zero-order valence-electron chi connectivity index (χ0n) is 13.7. The van der Waals surface area contributed by atoms with E-state index in [4.69, 9.17) is 9.84 Å². The van der Waals surface area contributed by atoms with Crippen LogP contribution in [0.2, 0.25) is 0 Å². The third-order valence-electron chi connectivity index (χ3n) is 3.33. The van der Waals surface area contributed by atoms with Crippen LogP contribution in [0, 0.1) is 0 Å². The van der Waals surface area contributed by atoms with Crippen molar-refractivity contribution < 1.29 is 32.6 Å². The van der Waals surface area contributed by atoms with E-state index in [2.05, 4.69) is 9.46 Å². The SMILES string of the molecule is CCCC[C@H](NS(=O)(=O)c1ccc(OC)c(C(=O)OC)c1)C(=O)O.